The summed E-state index contributed by atoms with van der Waals surface area (Å²) in [7, 11) is 1.65. The van der Waals surface area contributed by atoms with Gasteiger partial charge in [0.1, 0.15) is 23.3 Å². The van der Waals surface area contributed by atoms with Crippen LogP contribution >= 0.6 is 11.6 Å². The lowest BCUT2D eigenvalue weighted by atomic mass is 10.2. The van der Waals surface area contributed by atoms with Crippen molar-refractivity contribution in [3.63, 3.8) is 0 Å². The number of aryl methyl sites for hydroxylation is 1. The molecule has 0 atom stereocenters. The molecule has 0 aliphatic rings. The average Bonchev–Trinajstić information content (AvgIpc) is 2.41. The zero-order valence-corrected chi connectivity index (χ0v) is 12.0. The second-order valence-electron chi connectivity index (χ2n) is 4.31. The van der Waals surface area contributed by atoms with Crippen LogP contribution in [0.15, 0.2) is 30.3 Å². The van der Waals surface area contributed by atoms with Crippen molar-refractivity contribution < 1.29 is 9.47 Å². The molecule has 0 bridgehead atoms. The van der Waals surface area contributed by atoms with Gasteiger partial charge in [0.2, 0.25) is 0 Å². The summed E-state index contributed by atoms with van der Waals surface area (Å²) < 4.78 is 10.9. The summed E-state index contributed by atoms with van der Waals surface area (Å²) in [5.41, 5.74) is 2.78. The maximum Gasteiger partial charge on any atom is 0.135 e. The Hall–Kier alpha value is -1.74. The third-order valence-corrected chi connectivity index (χ3v) is 3.21. The summed E-state index contributed by atoms with van der Waals surface area (Å²) >= 11 is 6.03. The maximum atomic E-state index is 6.03. The van der Waals surface area contributed by atoms with Gasteiger partial charge < -0.3 is 9.47 Å². The van der Waals surface area contributed by atoms with E-state index in [-0.39, 0.29) is 0 Å². The van der Waals surface area contributed by atoms with Crippen LogP contribution in [0.25, 0.3) is 0 Å². The summed E-state index contributed by atoms with van der Waals surface area (Å²) in [5.74, 6) is 1.61. The molecule has 100 valence electrons. The Balaban J connectivity index is 2.09. The Bertz CT molecular complexity index is 567. The molecule has 0 spiro atoms. The van der Waals surface area contributed by atoms with E-state index in [2.05, 4.69) is 4.98 Å². The SMILES string of the molecule is COc1ccc(COc2cc(C)nc(Cl)c2C)cc1. The number of hydrogen-bond acceptors (Lipinski definition) is 3. The summed E-state index contributed by atoms with van der Waals surface area (Å²) in [6, 6.07) is 9.67. The van der Waals surface area contributed by atoms with Crippen molar-refractivity contribution in [2.24, 2.45) is 0 Å². The van der Waals surface area contributed by atoms with Gasteiger partial charge in [-0.15, -0.1) is 0 Å². The number of nitrogens with zero attached hydrogens (tertiary/aromatic N) is 1. The molecule has 0 saturated carbocycles. The fourth-order valence-electron chi connectivity index (χ4n) is 1.70. The van der Waals surface area contributed by atoms with E-state index in [1.165, 1.54) is 0 Å². The Labute approximate surface area is 118 Å². The second kappa shape index (κ2) is 5.93. The van der Waals surface area contributed by atoms with Gasteiger partial charge in [-0.3, -0.25) is 0 Å². The minimum absolute atomic E-state index is 0.490. The molecule has 0 aliphatic heterocycles. The minimum atomic E-state index is 0.490. The zero-order chi connectivity index (χ0) is 13.8. The molecular formula is C15H16ClNO2. The van der Waals surface area contributed by atoms with Crippen LogP contribution in [-0.4, -0.2) is 12.1 Å². The quantitative estimate of drug-likeness (QED) is 0.793. The molecule has 0 unspecified atom stereocenters. The standard InChI is InChI=1S/C15H16ClNO2/c1-10-8-14(11(2)15(16)17-10)19-9-12-4-6-13(18-3)7-5-12/h4-8H,9H2,1-3H3. The Morgan fingerprint density at radius 3 is 2.47 bits per heavy atom. The van der Waals surface area contributed by atoms with Crippen LogP contribution in [0.1, 0.15) is 16.8 Å². The molecule has 3 nitrogen and oxygen atoms in total. The molecule has 0 saturated heterocycles. The van der Waals surface area contributed by atoms with Crippen LogP contribution in [0, 0.1) is 13.8 Å². The number of halogens is 1. The third-order valence-electron chi connectivity index (χ3n) is 2.85. The number of methoxy groups -OCH3 is 1. The van der Waals surface area contributed by atoms with Crippen molar-refractivity contribution in [3.8, 4) is 11.5 Å². The highest BCUT2D eigenvalue weighted by Crippen LogP contribution is 2.25. The van der Waals surface area contributed by atoms with Crippen molar-refractivity contribution in [2.45, 2.75) is 20.5 Å². The molecule has 19 heavy (non-hydrogen) atoms. The van der Waals surface area contributed by atoms with Gasteiger partial charge in [0.15, 0.2) is 0 Å². The van der Waals surface area contributed by atoms with E-state index in [1.807, 2.05) is 44.2 Å². The molecule has 0 radical (unpaired) electrons. The summed E-state index contributed by atoms with van der Waals surface area (Å²) in [5, 5.41) is 0.490. The van der Waals surface area contributed by atoms with E-state index in [9.17, 15) is 0 Å². The summed E-state index contributed by atoms with van der Waals surface area (Å²) in [6.07, 6.45) is 0. The van der Waals surface area contributed by atoms with Crippen molar-refractivity contribution in [1.29, 1.82) is 0 Å². The maximum absolute atomic E-state index is 6.03. The number of rotatable bonds is 4. The summed E-state index contributed by atoms with van der Waals surface area (Å²) in [6.45, 7) is 4.29. The highest BCUT2D eigenvalue weighted by Gasteiger charge is 2.07. The third kappa shape index (κ3) is 3.38. The summed E-state index contributed by atoms with van der Waals surface area (Å²) in [4.78, 5) is 4.18. The van der Waals surface area contributed by atoms with Crippen molar-refractivity contribution in [3.05, 3.63) is 52.3 Å². The van der Waals surface area contributed by atoms with Crippen LogP contribution in [0.2, 0.25) is 5.15 Å². The van der Waals surface area contributed by atoms with Crippen molar-refractivity contribution in [2.75, 3.05) is 7.11 Å². The molecule has 0 N–H and O–H groups in total. The van der Waals surface area contributed by atoms with E-state index in [4.69, 9.17) is 21.1 Å². The Morgan fingerprint density at radius 1 is 1.16 bits per heavy atom. The molecule has 1 aromatic carbocycles. The topological polar surface area (TPSA) is 31.4 Å². The number of aromatic nitrogens is 1. The van der Waals surface area contributed by atoms with E-state index in [0.29, 0.717) is 11.8 Å². The van der Waals surface area contributed by atoms with Crippen LogP contribution in [0.4, 0.5) is 0 Å². The number of pyridine rings is 1. The number of ether oxygens (including phenoxy) is 2. The van der Waals surface area contributed by atoms with Gasteiger partial charge in [0.25, 0.3) is 0 Å². The van der Waals surface area contributed by atoms with E-state index in [0.717, 1.165) is 28.3 Å². The highest BCUT2D eigenvalue weighted by molar-refractivity contribution is 6.30. The van der Waals surface area contributed by atoms with Gasteiger partial charge >= 0.3 is 0 Å². The minimum Gasteiger partial charge on any atom is -0.497 e. The normalized spacial score (nSPS) is 10.3. The van der Waals surface area contributed by atoms with Crippen molar-refractivity contribution in [1.82, 2.24) is 4.98 Å². The van der Waals surface area contributed by atoms with Crippen LogP contribution in [-0.2, 0) is 6.61 Å². The monoisotopic (exact) mass is 277 g/mol. The highest BCUT2D eigenvalue weighted by atomic mass is 35.5. The van der Waals surface area contributed by atoms with Crippen molar-refractivity contribution >= 4 is 11.6 Å². The lowest BCUT2D eigenvalue weighted by Gasteiger charge is -2.11. The molecule has 0 aliphatic carbocycles. The van der Waals surface area contributed by atoms with Gasteiger partial charge in [-0.2, -0.15) is 0 Å². The Morgan fingerprint density at radius 2 is 1.84 bits per heavy atom. The molecular weight excluding hydrogens is 262 g/mol. The largest absolute Gasteiger partial charge is 0.497 e. The van der Waals surface area contributed by atoms with E-state index in [1.54, 1.807) is 7.11 Å². The number of hydrogen-bond donors (Lipinski definition) is 0. The smallest absolute Gasteiger partial charge is 0.135 e. The van der Waals surface area contributed by atoms with Crippen LogP contribution in [0.5, 0.6) is 11.5 Å². The first-order valence-electron chi connectivity index (χ1n) is 5.99. The van der Waals surface area contributed by atoms with Crippen LogP contribution in [0.3, 0.4) is 0 Å². The second-order valence-corrected chi connectivity index (χ2v) is 4.67. The van der Waals surface area contributed by atoms with E-state index >= 15 is 0 Å². The fraction of sp³-hybridized carbons (Fsp3) is 0.267. The molecule has 0 amide bonds. The lowest BCUT2D eigenvalue weighted by Crippen LogP contribution is -1.99. The van der Waals surface area contributed by atoms with Gasteiger partial charge in [-0.1, -0.05) is 23.7 Å². The van der Waals surface area contributed by atoms with E-state index < -0.39 is 0 Å². The van der Waals surface area contributed by atoms with Gasteiger partial charge in [-0.05, 0) is 31.5 Å². The zero-order valence-electron chi connectivity index (χ0n) is 11.2. The molecule has 1 heterocycles. The van der Waals surface area contributed by atoms with Gasteiger partial charge in [-0.25, -0.2) is 4.98 Å². The molecule has 1 aromatic heterocycles. The molecule has 0 fully saturated rings. The van der Waals surface area contributed by atoms with Gasteiger partial charge in [0.05, 0.1) is 7.11 Å². The predicted octanol–water partition coefficient (Wildman–Crippen LogP) is 3.94. The average molecular weight is 278 g/mol. The van der Waals surface area contributed by atoms with Gasteiger partial charge in [0, 0.05) is 17.3 Å². The molecule has 4 heteroatoms. The first kappa shape index (κ1) is 13.7. The van der Waals surface area contributed by atoms with Crippen LogP contribution < -0.4 is 9.47 Å². The predicted molar refractivity (Wildman–Crippen MR) is 76.0 cm³/mol. The fourth-order valence-corrected chi connectivity index (χ4v) is 1.93. The number of benzene rings is 1. The molecule has 2 aromatic rings. The molecule has 2 rings (SSSR count). The first-order valence-corrected chi connectivity index (χ1v) is 6.37. The first-order chi connectivity index (χ1) is 9.10. The Kier molecular flexibility index (Phi) is 4.27. The lowest BCUT2D eigenvalue weighted by molar-refractivity contribution is 0.303.